The number of allylic oxidation sites excluding steroid dienone is 7. The Balaban J connectivity index is 0.000000270. The fourth-order valence-electron chi connectivity index (χ4n) is 6.99. The summed E-state index contributed by atoms with van der Waals surface area (Å²) < 4.78 is 0. The van der Waals surface area contributed by atoms with Gasteiger partial charge in [0, 0.05) is 49.1 Å². The van der Waals surface area contributed by atoms with Crippen molar-refractivity contribution in [2.24, 2.45) is 33.6 Å². The maximum absolute atomic E-state index is 12.2. The van der Waals surface area contributed by atoms with E-state index in [1.807, 2.05) is 41.5 Å². The molecule has 2 unspecified atom stereocenters. The van der Waals surface area contributed by atoms with E-state index in [1.165, 1.54) is 44.8 Å². The standard InChI is InChI=1S/C26H26N.C15H28O2.Ir/c1-16(2)13-17-11-12-19-15-27-25-20-9-5-7-18-8-6-10-22(23(18)20)26(3,4)24(25)21(19)14-17;1-7-14(5,8-2)12(16)11-13(17)15(6,9-3)10-4;/h5-8,10-12,14-16,21,24H,13H2,1-4H3;11,16H,7-10H2,1-6H3;/q-1;;/b;12-11-;. The number of aliphatic imine (C=N–C) groups is 1. The molecule has 1 heterocycles. The van der Waals surface area contributed by atoms with E-state index in [1.54, 1.807) is 0 Å². The Labute approximate surface area is 286 Å². The molecule has 1 N–H and O–H groups in total. The quantitative estimate of drug-likeness (QED) is 0.156. The molecule has 0 bridgehead atoms. The van der Waals surface area contributed by atoms with Crippen molar-refractivity contribution in [2.75, 3.05) is 0 Å². The third-order valence-electron chi connectivity index (χ3n) is 11.1. The third-order valence-corrected chi connectivity index (χ3v) is 11.1. The summed E-state index contributed by atoms with van der Waals surface area (Å²) in [5, 5.41) is 12.8. The van der Waals surface area contributed by atoms with Crippen LogP contribution in [0.1, 0.15) is 112 Å². The van der Waals surface area contributed by atoms with Gasteiger partial charge in [0.1, 0.15) is 5.76 Å². The smallest absolute Gasteiger partial charge is 0.164 e. The van der Waals surface area contributed by atoms with E-state index in [9.17, 15) is 9.90 Å². The molecular formula is C41H54IrNO2-. The molecule has 5 rings (SSSR count). The van der Waals surface area contributed by atoms with Gasteiger partial charge in [-0.2, -0.15) is 0 Å². The first-order valence-corrected chi connectivity index (χ1v) is 16.8. The summed E-state index contributed by atoms with van der Waals surface area (Å²) in [6, 6.07) is 14.5. The van der Waals surface area contributed by atoms with Crippen molar-refractivity contribution in [3.05, 3.63) is 94.9 Å². The fourth-order valence-corrected chi connectivity index (χ4v) is 6.99. The Morgan fingerprint density at radius 1 is 1.02 bits per heavy atom. The minimum Gasteiger partial charge on any atom is -0.512 e. The fraction of sp³-hybridized carbons (Fsp3) is 0.512. The number of ketones is 1. The van der Waals surface area contributed by atoms with Gasteiger partial charge in [-0.1, -0.05) is 122 Å². The third kappa shape index (κ3) is 7.08. The number of hydrogen-bond acceptors (Lipinski definition) is 3. The number of hydrogen-bond donors (Lipinski definition) is 1. The number of rotatable bonds is 9. The molecule has 1 radical (unpaired) electrons. The van der Waals surface area contributed by atoms with Crippen LogP contribution in [0.3, 0.4) is 0 Å². The average Bonchev–Trinajstić information content (AvgIpc) is 3.02. The van der Waals surface area contributed by atoms with Gasteiger partial charge in [-0.25, -0.2) is 0 Å². The van der Waals surface area contributed by atoms with Crippen molar-refractivity contribution in [1.29, 1.82) is 0 Å². The van der Waals surface area contributed by atoms with Crippen molar-refractivity contribution in [1.82, 2.24) is 0 Å². The molecule has 0 aromatic heterocycles. The van der Waals surface area contributed by atoms with Crippen LogP contribution in [0.4, 0.5) is 0 Å². The van der Waals surface area contributed by atoms with Crippen LogP contribution in [0.5, 0.6) is 0 Å². The molecule has 3 nitrogen and oxygen atoms in total. The van der Waals surface area contributed by atoms with Gasteiger partial charge in [0.2, 0.25) is 0 Å². The normalized spacial score (nSPS) is 20.2. The Morgan fingerprint density at radius 3 is 2.27 bits per heavy atom. The van der Waals surface area contributed by atoms with Crippen molar-refractivity contribution in [2.45, 2.75) is 107 Å². The molecule has 245 valence electrons. The van der Waals surface area contributed by atoms with Crippen molar-refractivity contribution < 1.29 is 30.0 Å². The van der Waals surface area contributed by atoms with E-state index in [0.29, 0.717) is 17.8 Å². The van der Waals surface area contributed by atoms with Crippen molar-refractivity contribution in [3.63, 3.8) is 0 Å². The number of aliphatic hydroxyl groups excluding tert-OH is 1. The van der Waals surface area contributed by atoms with Crippen LogP contribution >= 0.6 is 0 Å². The maximum Gasteiger partial charge on any atom is 0.164 e. The summed E-state index contributed by atoms with van der Waals surface area (Å²) >= 11 is 0. The molecule has 1 aliphatic heterocycles. The van der Waals surface area contributed by atoms with Crippen molar-refractivity contribution >= 4 is 22.3 Å². The van der Waals surface area contributed by atoms with E-state index >= 15 is 0 Å². The first-order chi connectivity index (χ1) is 20.8. The molecule has 2 aliphatic carbocycles. The Morgan fingerprint density at radius 2 is 1.67 bits per heavy atom. The number of carbonyl (C=O) groups is 1. The molecule has 2 aromatic rings. The van der Waals surface area contributed by atoms with E-state index < -0.39 is 0 Å². The minimum atomic E-state index is -0.337. The molecule has 4 heteroatoms. The van der Waals surface area contributed by atoms with E-state index in [2.05, 4.69) is 88.5 Å². The van der Waals surface area contributed by atoms with Gasteiger partial charge in [0.15, 0.2) is 5.78 Å². The van der Waals surface area contributed by atoms with Gasteiger partial charge in [-0.15, -0.1) is 29.1 Å². The number of benzene rings is 2. The van der Waals surface area contributed by atoms with Crippen LogP contribution in [-0.2, 0) is 30.3 Å². The molecule has 2 aromatic carbocycles. The zero-order valence-electron chi connectivity index (χ0n) is 29.2. The molecule has 0 spiro atoms. The number of fused-ring (bicyclic) bond motifs is 4. The molecule has 0 saturated heterocycles. The summed E-state index contributed by atoms with van der Waals surface area (Å²) in [6.45, 7) is 21.5. The van der Waals surface area contributed by atoms with Gasteiger partial charge >= 0.3 is 0 Å². The second kappa shape index (κ2) is 14.5. The molecule has 0 fully saturated rings. The summed E-state index contributed by atoms with van der Waals surface area (Å²) in [7, 11) is 0. The Kier molecular flexibility index (Phi) is 11.9. The SMILES string of the molecule is CC(C)CC1=CC2C(=CN=C3c4[c-]ccc5cccc(c45)C(C)(C)C32)C=C1.CCC(C)(CC)C(=O)/C=C(\O)C(C)(CC)CC.[Ir]. The van der Waals surface area contributed by atoms with Crippen LogP contribution in [0, 0.1) is 34.7 Å². The van der Waals surface area contributed by atoms with Gasteiger partial charge in [0.05, 0.1) is 0 Å². The molecular weight excluding hydrogens is 731 g/mol. The summed E-state index contributed by atoms with van der Waals surface area (Å²) in [5.41, 5.74) is 6.08. The van der Waals surface area contributed by atoms with Crippen LogP contribution in [-0.4, -0.2) is 16.6 Å². The van der Waals surface area contributed by atoms with Gasteiger partial charge in [0.25, 0.3) is 0 Å². The van der Waals surface area contributed by atoms with Gasteiger partial charge in [-0.05, 0) is 60.6 Å². The topological polar surface area (TPSA) is 49.7 Å². The zero-order valence-corrected chi connectivity index (χ0v) is 31.6. The Bertz CT molecular complexity index is 1540. The second-order valence-corrected chi connectivity index (χ2v) is 14.6. The van der Waals surface area contributed by atoms with Crippen LogP contribution < -0.4 is 0 Å². The van der Waals surface area contributed by atoms with E-state index in [4.69, 9.17) is 4.99 Å². The van der Waals surface area contributed by atoms with Crippen molar-refractivity contribution in [3.8, 4) is 0 Å². The van der Waals surface area contributed by atoms with Crippen LogP contribution in [0.25, 0.3) is 10.8 Å². The average molecular weight is 785 g/mol. The van der Waals surface area contributed by atoms with Gasteiger partial charge in [-0.3, -0.25) is 4.79 Å². The van der Waals surface area contributed by atoms with E-state index in [-0.39, 0.29) is 47.9 Å². The number of nitrogens with zero attached hydrogens (tertiary/aromatic N) is 1. The monoisotopic (exact) mass is 785 g/mol. The molecule has 0 amide bonds. The van der Waals surface area contributed by atoms with Crippen LogP contribution in [0.15, 0.2) is 82.7 Å². The first-order valence-electron chi connectivity index (χ1n) is 16.8. The number of carbonyl (C=O) groups excluding carboxylic acids is 1. The molecule has 0 saturated carbocycles. The Hall–Kier alpha value is -2.55. The maximum atomic E-state index is 12.2. The number of aliphatic hydroxyl groups is 1. The minimum absolute atomic E-state index is 0. The largest absolute Gasteiger partial charge is 0.512 e. The van der Waals surface area contributed by atoms with Gasteiger partial charge < -0.3 is 10.1 Å². The summed E-state index contributed by atoms with van der Waals surface area (Å²) in [6.07, 6.45) is 15.1. The van der Waals surface area contributed by atoms with Crippen LogP contribution in [0.2, 0.25) is 0 Å². The van der Waals surface area contributed by atoms with E-state index in [0.717, 1.165) is 32.1 Å². The summed E-state index contributed by atoms with van der Waals surface area (Å²) in [5.74, 6) is 1.70. The first kappa shape index (κ1) is 36.9. The molecule has 2 atom stereocenters. The molecule has 3 aliphatic rings. The predicted octanol–water partition coefficient (Wildman–Crippen LogP) is 11.0. The molecule has 45 heavy (non-hydrogen) atoms. The predicted molar refractivity (Wildman–Crippen MR) is 187 cm³/mol. The second-order valence-electron chi connectivity index (χ2n) is 14.6. The summed E-state index contributed by atoms with van der Waals surface area (Å²) in [4.78, 5) is 17.2. The zero-order chi connectivity index (χ0) is 32.4.